The minimum absolute atomic E-state index is 0.518. The van der Waals surface area contributed by atoms with E-state index in [0.29, 0.717) is 6.54 Å². The van der Waals surface area contributed by atoms with Crippen molar-refractivity contribution < 1.29 is 0 Å². The summed E-state index contributed by atoms with van der Waals surface area (Å²) in [6.07, 6.45) is 4.89. The summed E-state index contributed by atoms with van der Waals surface area (Å²) < 4.78 is 0. The molecule has 1 aromatic carbocycles. The molecule has 2 rings (SSSR count). The highest BCUT2D eigenvalue weighted by Crippen LogP contribution is 2.28. The summed E-state index contributed by atoms with van der Waals surface area (Å²) in [4.78, 5) is 5.20. The van der Waals surface area contributed by atoms with Crippen LogP contribution in [0.15, 0.2) is 53.7 Å². The van der Waals surface area contributed by atoms with Gasteiger partial charge in [0.2, 0.25) is 0 Å². The Morgan fingerprint density at radius 1 is 1.17 bits per heavy atom. The average Bonchev–Trinajstić information content (AvgIpc) is 2.88. The van der Waals surface area contributed by atoms with Gasteiger partial charge in [-0.15, -0.1) is 11.3 Å². The van der Waals surface area contributed by atoms with Crippen molar-refractivity contribution in [1.29, 1.82) is 0 Å². The maximum atomic E-state index is 8.15. The van der Waals surface area contributed by atoms with E-state index in [2.05, 4.69) is 40.4 Å². The van der Waals surface area contributed by atoms with Gasteiger partial charge in [-0.1, -0.05) is 41.5 Å². The molecule has 0 saturated heterocycles. The number of thiophene rings is 1. The van der Waals surface area contributed by atoms with E-state index in [4.69, 9.17) is 5.53 Å². The first kappa shape index (κ1) is 12.4. The lowest BCUT2D eigenvalue weighted by Crippen LogP contribution is -1.71. The molecule has 4 heteroatoms. The lowest BCUT2D eigenvalue weighted by Gasteiger charge is -1.94. The summed E-state index contributed by atoms with van der Waals surface area (Å²) in [6, 6.07) is 14.6. The van der Waals surface area contributed by atoms with Crippen LogP contribution < -0.4 is 0 Å². The highest BCUT2D eigenvalue weighted by atomic mass is 32.1. The minimum Gasteiger partial charge on any atom is -0.136 e. The molecule has 2 aromatic rings. The molecule has 0 aliphatic rings. The largest absolute Gasteiger partial charge is 0.136 e. The summed E-state index contributed by atoms with van der Waals surface area (Å²) in [5, 5.41) is 3.49. The van der Waals surface area contributed by atoms with E-state index in [1.807, 2.05) is 24.3 Å². The van der Waals surface area contributed by atoms with Crippen molar-refractivity contribution in [1.82, 2.24) is 0 Å². The molecule has 0 bridgehead atoms. The molecule has 0 unspecified atom stereocenters. The SMILES string of the molecule is [N-]=[N+]=NCCC=Cc1ccc(-c2ccccc2)s1. The van der Waals surface area contributed by atoms with Crippen LogP contribution in [0, 0.1) is 0 Å². The zero-order chi connectivity index (χ0) is 12.6. The molecule has 0 amide bonds. The quantitative estimate of drug-likeness (QED) is 0.308. The first-order chi connectivity index (χ1) is 8.90. The number of nitrogens with zero attached hydrogens (tertiary/aromatic N) is 3. The molecular weight excluding hydrogens is 242 g/mol. The van der Waals surface area contributed by atoms with Crippen LogP contribution in [0.4, 0.5) is 0 Å². The smallest absolute Gasteiger partial charge is 0.0349 e. The van der Waals surface area contributed by atoms with Gasteiger partial charge in [-0.2, -0.15) is 0 Å². The van der Waals surface area contributed by atoms with Crippen LogP contribution in [-0.2, 0) is 0 Å². The molecule has 3 nitrogen and oxygen atoms in total. The molecule has 0 radical (unpaired) electrons. The Morgan fingerprint density at radius 3 is 2.78 bits per heavy atom. The standard InChI is InChI=1S/C14H13N3S/c15-17-16-11-5-4-8-13-9-10-14(18-13)12-6-2-1-3-7-12/h1-4,6-10H,5,11H2. The molecule has 0 aliphatic carbocycles. The minimum atomic E-state index is 0.518. The van der Waals surface area contributed by atoms with Gasteiger partial charge in [0.25, 0.3) is 0 Å². The first-order valence-corrected chi connectivity index (χ1v) is 6.54. The third-order valence-corrected chi connectivity index (χ3v) is 3.53. The maximum absolute atomic E-state index is 8.15. The lowest BCUT2D eigenvalue weighted by molar-refractivity contribution is 0.996. The van der Waals surface area contributed by atoms with Gasteiger partial charge in [-0.3, -0.25) is 0 Å². The third-order valence-electron chi connectivity index (χ3n) is 2.43. The van der Waals surface area contributed by atoms with E-state index >= 15 is 0 Å². The van der Waals surface area contributed by atoms with Crippen LogP contribution in [0.2, 0.25) is 0 Å². The second-order valence-corrected chi connectivity index (χ2v) is 4.83. The van der Waals surface area contributed by atoms with Crippen molar-refractivity contribution in [2.45, 2.75) is 6.42 Å². The highest BCUT2D eigenvalue weighted by Gasteiger charge is 1.99. The predicted octanol–water partition coefficient (Wildman–Crippen LogP) is 5.13. The fourth-order valence-electron chi connectivity index (χ4n) is 1.58. The summed E-state index contributed by atoms with van der Waals surface area (Å²) in [7, 11) is 0. The molecule has 1 aromatic heterocycles. The van der Waals surface area contributed by atoms with Gasteiger partial charge >= 0.3 is 0 Å². The normalized spacial score (nSPS) is 10.4. The topological polar surface area (TPSA) is 48.8 Å². The molecule has 90 valence electrons. The van der Waals surface area contributed by atoms with Crippen LogP contribution in [0.3, 0.4) is 0 Å². The Balaban J connectivity index is 2.00. The second-order valence-electron chi connectivity index (χ2n) is 3.71. The van der Waals surface area contributed by atoms with Crippen molar-refractivity contribution in [2.75, 3.05) is 6.54 Å². The lowest BCUT2D eigenvalue weighted by atomic mass is 10.2. The van der Waals surface area contributed by atoms with E-state index in [9.17, 15) is 0 Å². The zero-order valence-corrected chi connectivity index (χ0v) is 10.7. The van der Waals surface area contributed by atoms with Crippen LogP contribution in [0.25, 0.3) is 27.0 Å². The Morgan fingerprint density at radius 2 is 2.00 bits per heavy atom. The van der Waals surface area contributed by atoms with Crippen LogP contribution in [-0.4, -0.2) is 6.54 Å². The van der Waals surface area contributed by atoms with Crippen LogP contribution >= 0.6 is 11.3 Å². The van der Waals surface area contributed by atoms with Gasteiger partial charge in [0.1, 0.15) is 0 Å². The van der Waals surface area contributed by atoms with Crippen LogP contribution in [0.5, 0.6) is 0 Å². The van der Waals surface area contributed by atoms with Crippen molar-refractivity contribution in [3.63, 3.8) is 0 Å². The van der Waals surface area contributed by atoms with Crippen LogP contribution in [0.1, 0.15) is 11.3 Å². The van der Waals surface area contributed by atoms with Gasteiger partial charge < -0.3 is 0 Å². The third kappa shape index (κ3) is 3.48. The van der Waals surface area contributed by atoms with Gasteiger partial charge in [0.05, 0.1) is 0 Å². The van der Waals surface area contributed by atoms with Gasteiger partial charge in [-0.05, 0) is 35.7 Å². The predicted molar refractivity (Wildman–Crippen MR) is 77.4 cm³/mol. The molecule has 1 heterocycles. The fourth-order valence-corrected chi connectivity index (χ4v) is 2.52. The number of hydrogen-bond acceptors (Lipinski definition) is 2. The van der Waals surface area contributed by atoms with Crippen molar-refractivity contribution in [3.8, 4) is 10.4 Å². The highest BCUT2D eigenvalue weighted by molar-refractivity contribution is 7.16. The number of hydrogen-bond donors (Lipinski definition) is 0. The van der Waals surface area contributed by atoms with E-state index < -0.39 is 0 Å². The molecule has 18 heavy (non-hydrogen) atoms. The number of azide groups is 1. The molecule has 0 spiro atoms. The summed E-state index contributed by atoms with van der Waals surface area (Å²) >= 11 is 1.76. The van der Waals surface area contributed by atoms with Gasteiger partial charge in [-0.25, -0.2) is 0 Å². The summed E-state index contributed by atoms with van der Waals surface area (Å²) in [5.41, 5.74) is 9.39. The van der Waals surface area contributed by atoms with E-state index in [1.54, 1.807) is 11.3 Å². The molecule has 0 N–H and O–H groups in total. The fraction of sp³-hybridized carbons (Fsp3) is 0.143. The summed E-state index contributed by atoms with van der Waals surface area (Å²) in [5.74, 6) is 0. The zero-order valence-electron chi connectivity index (χ0n) is 9.86. The number of benzene rings is 1. The van der Waals surface area contributed by atoms with E-state index in [-0.39, 0.29) is 0 Å². The first-order valence-electron chi connectivity index (χ1n) is 5.73. The Labute approximate surface area is 110 Å². The van der Waals surface area contributed by atoms with E-state index in [0.717, 1.165) is 6.42 Å². The summed E-state index contributed by atoms with van der Waals surface area (Å²) in [6.45, 7) is 0.518. The molecule has 0 fully saturated rings. The molecule has 0 aliphatic heterocycles. The molecular formula is C14H13N3S. The monoisotopic (exact) mass is 255 g/mol. The van der Waals surface area contributed by atoms with Crippen molar-refractivity contribution >= 4 is 17.4 Å². The Kier molecular flexibility index (Phi) is 4.59. The maximum Gasteiger partial charge on any atom is 0.0349 e. The van der Waals surface area contributed by atoms with E-state index in [1.165, 1.54) is 15.3 Å². The van der Waals surface area contributed by atoms with Gasteiger partial charge in [0, 0.05) is 21.2 Å². The molecule has 0 saturated carbocycles. The molecule has 0 atom stereocenters. The average molecular weight is 255 g/mol. The Bertz CT molecular complexity index is 566. The van der Waals surface area contributed by atoms with Gasteiger partial charge in [0.15, 0.2) is 0 Å². The second kappa shape index (κ2) is 6.64. The Hall–Kier alpha value is -2.03. The number of rotatable bonds is 5. The van der Waals surface area contributed by atoms with Crippen molar-refractivity contribution in [2.24, 2.45) is 5.11 Å². The van der Waals surface area contributed by atoms with Crippen molar-refractivity contribution in [3.05, 3.63) is 63.9 Å².